The zero-order valence-electron chi connectivity index (χ0n) is 10.9. The van der Waals surface area contributed by atoms with E-state index in [4.69, 9.17) is 11.6 Å². The number of amides is 1. The predicted molar refractivity (Wildman–Crippen MR) is 86.2 cm³/mol. The Bertz CT molecular complexity index is 852. The molecule has 3 rings (SSSR count). The van der Waals surface area contributed by atoms with E-state index in [1.165, 1.54) is 4.57 Å². The normalized spacial score (nSPS) is 10.7. The summed E-state index contributed by atoms with van der Waals surface area (Å²) in [6, 6.07) is 14.3. The van der Waals surface area contributed by atoms with Gasteiger partial charge in [0, 0.05) is 10.7 Å². The molecule has 0 bridgehead atoms. The molecule has 0 atom stereocenters. The Morgan fingerprint density at radius 1 is 1.14 bits per heavy atom. The number of anilines is 1. The van der Waals surface area contributed by atoms with Crippen LogP contribution >= 0.6 is 22.9 Å². The number of fused-ring (bicyclic) bond motifs is 1. The molecule has 0 spiro atoms. The number of para-hydroxylation sites is 1. The number of rotatable bonds is 3. The molecule has 0 aliphatic rings. The predicted octanol–water partition coefficient (Wildman–Crippen LogP) is 3.36. The number of hydrogen-bond donors (Lipinski definition) is 1. The topological polar surface area (TPSA) is 51.1 Å². The van der Waals surface area contributed by atoms with E-state index >= 15 is 0 Å². The van der Waals surface area contributed by atoms with Gasteiger partial charge in [-0.15, -0.1) is 0 Å². The van der Waals surface area contributed by atoms with Crippen LogP contribution in [-0.4, -0.2) is 10.5 Å². The second-order valence-corrected chi connectivity index (χ2v) is 5.91. The highest BCUT2D eigenvalue weighted by Gasteiger charge is 2.10. The fraction of sp³-hybridized carbons (Fsp3) is 0.0667. The number of carbonyl (C=O) groups is 1. The minimum absolute atomic E-state index is 0.00846. The maximum absolute atomic E-state index is 12.1. The van der Waals surface area contributed by atoms with Crippen molar-refractivity contribution >= 4 is 44.7 Å². The van der Waals surface area contributed by atoms with Gasteiger partial charge in [-0.05, 0) is 36.4 Å². The minimum atomic E-state index is -0.247. The third-order valence-electron chi connectivity index (χ3n) is 3.00. The van der Waals surface area contributed by atoms with Crippen LogP contribution in [0.4, 0.5) is 5.69 Å². The lowest BCUT2D eigenvalue weighted by Crippen LogP contribution is -2.24. The molecule has 21 heavy (non-hydrogen) atoms. The van der Waals surface area contributed by atoms with Crippen molar-refractivity contribution < 1.29 is 4.79 Å². The highest BCUT2D eigenvalue weighted by Crippen LogP contribution is 2.17. The largest absolute Gasteiger partial charge is 0.325 e. The highest BCUT2D eigenvalue weighted by molar-refractivity contribution is 7.16. The molecule has 1 heterocycles. The van der Waals surface area contributed by atoms with Gasteiger partial charge < -0.3 is 5.32 Å². The van der Waals surface area contributed by atoms with Gasteiger partial charge in [-0.1, -0.05) is 35.1 Å². The lowest BCUT2D eigenvalue weighted by Gasteiger charge is -2.06. The average molecular weight is 319 g/mol. The van der Waals surface area contributed by atoms with E-state index in [-0.39, 0.29) is 17.3 Å². The van der Waals surface area contributed by atoms with Crippen LogP contribution in [-0.2, 0) is 11.3 Å². The third-order valence-corrected chi connectivity index (χ3v) is 4.22. The second-order valence-electron chi connectivity index (χ2n) is 4.48. The molecule has 1 amide bonds. The van der Waals surface area contributed by atoms with Crippen LogP contribution < -0.4 is 10.2 Å². The molecule has 0 fully saturated rings. The van der Waals surface area contributed by atoms with Gasteiger partial charge >= 0.3 is 4.87 Å². The van der Waals surface area contributed by atoms with Crippen molar-refractivity contribution in [2.75, 3.05) is 5.32 Å². The Morgan fingerprint density at radius 2 is 1.86 bits per heavy atom. The van der Waals surface area contributed by atoms with Gasteiger partial charge in [0.25, 0.3) is 0 Å². The number of nitrogens with zero attached hydrogens (tertiary/aromatic N) is 1. The lowest BCUT2D eigenvalue weighted by atomic mass is 10.3. The Labute approximate surface area is 129 Å². The van der Waals surface area contributed by atoms with Crippen LogP contribution in [0.1, 0.15) is 0 Å². The summed E-state index contributed by atoms with van der Waals surface area (Å²) >= 11 is 6.93. The van der Waals surface area contributed by atoms with Gasteiger partial charge in [0.2, 0.25) is 5.91 Å². The number of carbonyl (C=O) groups excluding carboxylic acids is 1. The Morgan fingerprint density at radius 3 is 2.62 bits per heavy atom. The molecule has 0 saturated carbocycles. The van der Waals surface area contributed by atoms with E-state index in [0.29, 0.717) is 10.7 Å². The fourth-order valence-electron chi connectivity index (χ4n) is 2.04. The van der Waals surface area contributed by atoms with Gasteiger partial charge in [-0.3, -0.25) is 14.2 Å². The first kappa shape index (κ1) is 13.9. The van der Waals surface area contributed by atoms with E-state index in [1.54, 1.807) is 24.3 Å². The molecular weight excluding hydrogens is 308 g/mol. The zero-order valence-corrected chi connectivity index (χ0v) is 12.4. The van der Waals surface area contributed by atoms with E-state index < -0.39 is 0 Å². The maximum Gasteiger partial charge on any atom is 0.308 e. The Balaban J connectivity index is 1.82. The summed E-state index contributed by atoms with van der Waals surface area (Å²) in [6.07, 6.45) is 0. The smallest absolute Gasteiger partial charge is 0.308 e. The van der Waals surface area contributed by atoms with E-state index in [1.807, 2.05) is 24.3 Å². The fourth-order valence-corrected chi connectivity index (χ4v) is 3.06. The molecule has 1 N–H and O–H groups in total. The van der Waals surface area contributed by atoms with Crippen LogP contribution in [0.15, 0.2) is 53.3 Å². The molecule has 3 aromatic rings. The van der Waals surface area contributed by atoms with Gasteiger partial charge in [-0.25, -0.2) is 0 Å². The summed E-state index contributed by atoms with van der Waals surface area (Å²) < 4.78 is 2.35. The van der Waals surface area contributed by atoms with Crippen LogP contribution in [0.2, 0.25) is 5.02 Å². The molecule has 1 aromatic heterocycles. The summed E-state index contributed by atoms with van der Waals surface area (Å²) in [7, 11) is 0. The molecule has 2 aromatic carbocycles. The van der Waals surface area contributed by atoms with Gasteiger partial charge in [0.05, 0.1) is 10.2 Å². The summed E-state index contributed by atoms with van der Waals surface area (Å²) in [5, 5.41) is 3.35. The first-order valence-corrected chi connectivity index (χ1v) is 7.47. The summed E-state index contributed by atoms with van der Waals surface area (Å²) in [4.78, 5) is 23.9. The van der Waals surface area contributed by atoms with Crippen molar-refractivity contribution in [3.05, 3.63) is 63.2 Å². The SMILES string of the molecule is O=C(Cn1c(=O)sc2ccccc21)Nc1ccc(Cl)cc1. The third kappa shape index (κ3) is 2.99. The standard InChI is InChI=1S/C15H11ClN2O2S/c16-10-5-7-11(8-6-10)17-14(19)9-18-12-3-1-2-4-13(12)21-15(18)20/h1-8H,9H2,(H,17,19). The summed E-state index contributed by atoms with van der Waals surface area (Å²) in [5.74, 6) is -0.247. The Kier molecular flexibility index (Phi) is 3.77. The van der Waals surface area contributed by atoms with Crippen molar-refractivity contribution in [1.29, 1.82) is 0 Å². The lowest BCUT2D eigenvalue weighted by molar-refractivity contribution is -0.116. The van der Waals surface area contributed by atoms with Gasteiger partial charge in [-0.2, -0.15) is 0 Å². The number of benzene rings is 2. The number of aromatic nitrogens is 1. The molecule has 0 radical (unpaired) electrons. The van der Waals surface area contributed by atoms with E-state index in [0.717, 1.165) is 21.6 Å². The maximum atomic E-state index is 12.1. The van der Waals surface area contributed by atoms with Crippen molar-refractivity contribution in [1.82, 2.24) is 4.57 Å². The van der Waals surface area contributed by atoms with Crippen LogP contribution in [0.25, 0.3) is 10.2 Å². The molecule has 0 aliphatic carbocycles. The molecule has 0 unspecified atom stereocenters. The number of hydrogen-bond acceptors (Lipinski definition) is 3. The molecular formula is C15H11ClN2O2S. The van der Waals surface area contributed by atoms with E-state index in [9.17, 15) is 9.59 Å². The average Bonchev–Trinajstić information content (AvgIpc) is 2.78. The number of halogens is 1. The van der Waals surface area contributed by atoms with Crippen LogP contribution in [0, 0.1) is 0 Å². The van der Waals surface area contributed by atoms with Gasteiger partial charge in [0.15, 0.2) is 0 Å². The molecule has 4 nitrogen and oxygen atoms in total. The molecule has 0 saturated heterocycles. The second kappa shape index (κ2) is 5.71. The van der Waals surface area contributed by atoms with E-state index in [2.05, 4.69) is 5.32 Å². The minimum Gasteiger partial charge on any atom is -0.325 e. The summed E-state index contributed by atoms with van der Waals surface area (Å²) in [5.41, 5.74) is 1.43. The highest BCUT2D eigenvalue weighted by atomic mass is 35.5. The molecule has 6 heteroatoms. The van der Waals surface area contributed by atoms with Crippen molar-refractivity contribution in [3.8, 4) is 0 Å². The number of thiazole rings is 1. The first-order chi connectivity index (χ1) is 10.1. The van der Waals surface area contributed by atoms with Crippen LogP contribution in [0.3, 0.4) is 0 Å². The van der Waals surface area contributed by atoms with Crippen molar-refractivity contribution in [3.63, 3.8) is 0 Å². The summed E-state index contributed by atoms with van der Waals surface area (Å²) in [6.45, 7) is -0.00846. The Hall–Kier alpha value is -2.11. The number of nitrogens with one attached hydrogen (secondary N) is 1. The van der Waals surface area contributed by atoms with Crippen molar-refractivity contribution in [2.45, 2.75) is 6.54 Å². The quantitative estimate of drug-likeness (QED) is 0.805. The van der Waals surface area contributed by atoms with Crippen LogP contribution in [0.5, 0.6) is 0 Å². The van der Waals surface area contributed by atoms with Crippen molar-refractivity contribution in [2.24, 2.45) is 0 Å². The zero-order chi connectivity index (χ0) is 14.8. The monoisotopic (exact) mass is 318 g/mol. The molecule has 106 valence electrons. The van der Waals surface area contributed by atoms with Gasteiger partial charge in [0.1, 0.15) is 6.54 Å². The first-order valence-electron chi connectivity index (χ1n) is 6.27. The molecule has 0 aliphatic heterocycles.